The molecule has 0 aliphatic rings. The smallest absolute Gasteiger partial charge is 0.274 e. The van der Waals surface area contributed by atoms with Crippen molar-refractivity contribution in [3.63, 3.8) is 0 Å². The van der Waals surface area contributed by atoms with Crippen LogP contribution in [0.1, 0.15) is 18.3 Å². The molecule has 3 aromatic heterocycles. The van der Waals surface area contributed by atoms with Crippen LogP contribution in [0.2, 0.25) is 0 Å². The van der Waals surface area contributed by atoms with Crippen LogP contribution in [-0.2, 0) is 12.8 Å². The first-order valence-electron chi connectivity index (χ1n) is 8.29. The minimum absolute atomic E-state index is 0.194. The highest BCUT2D eigenvalue weighted by atomic mass is 16.1. The summed E-state index contributed by atoms with van der Waals surface area (Å²) in [5, 5.41) is 3.30. The summed E-state index contributed by atoms with van der Waals surface area (Å²) < 4.78 is 1.80. The number of anilines is 1. The van der Waals surface area contributed by atoms with E-state index in [1.807, 2.05) is 25.1 Å². The van der Waals surface area contributed by atoms with Crippen LogP contribution in [-0.4, -0.2) is 30.9 Å². The maximum absolute atomic E-state index is 12.4. The Morgan fingerprint density at radius 3 is 2.80 bits per heavy atom. The van der Waals surface area contributed by atoms with Crippen LogP contribution in [0.3, 0.4) is 0 Å². The molecular weight excluding hydrogens is 316 g/mol. The standard InChI is InChI=1S/C18H18N6O/c1-2-14-20-10-13-18(25)23-15-16(21-11-22-17(15)24(13)14)19-9-8-12-6-4-3-5-7-12/h3-7,10-11H,2,8-9H2,1H3,(H,23,25)(H,19,21,22). The average molecular weight is 334 g/mol. The van der Waals surface area contributed by atoms with Gasteiger partial charge < -0.3 is 10.3 Å². The Morgan fingerprint density at radius 1 is 1.16 bits per heavy atom. The van der Waals surface area contributed by atoms with Crippen LogP contribution in [0.15, 0.2) is 47.7 Å². The van der Waals surface area contributed by atoms with Crippen molar-refractivity contribution in [1.82, 2.24) is 24.3 Å². The van der Waals surface area contributed by atoms with Crippen molar-refractivity contribution in [1.29, 1.82) is 0 Å². The van der Waals surface area contributed by atoms with Gasteiger partial charge in [0.25, 0.3) is 5.56 Å². The summed E-state index contributed by atoms with van der Waals surface area (Å²) in [4.78, 5) is 28.2. The number of hydrogen-bond donors (Lipinski definition) is 2. The minimum Gasteiger partial charge on any atom is -0.368 e. The number of benzene rings is 1. The first kappa shape index (κ1) is 15.3. The summed E-state index contributed by atoms with van der Waals surface area (Å²) >= 11 is 0. The molecule has 0 atom stereocenters. The molecule has 0 saturated heterocycles. The fraction of sp³-hybridized carbons (Fsp3) is 0.222. The highest BCUT2D eigenvalue weighted by Gasteiger charge is 2.13. The predicted octanol–water partition coefficient (Wildman–Crippen LogP) is 2.18. The first-order chi connectivity index (χ1) is 12.3. The van der Waals surface area contributed by atoms with Crippen molar-refractivity contribution < 1.29 is 0 Å². The lowest BCUT2D eigenvalue weighted by atomic mass is 10.1. The van der Waals surface area contributed by atoms with Crippen LogP contribution < -0.4 is 10.9 Å². The number of aromatic nitrogens is 5. The summed E-state index contributed by atoms with van der Waals surface area (Å²) in [7, 11) is 0. The number of rotatable bonds is 5. The van der Waals surface area contributed by atoms with Crippen molar-refractivity contribution >= 4 is 22.5 Å². The monoisotopic (exact) mass is 334 g/mol. The molecule has 0 aliphatic carbocycles. The molecule has 0 saturated carbocycles. The Hall–Kier alpha value is -3.22. The highest BCUT2D eigenvalue weighted by molar-refractivity contribution is 5.84. The summed E-state index contributed by atoms with van der Waals surface area (Å²) in [6, 6.07) is 10.2. The lowest BCUT2D eigenvalue weighted by molar-refractivity contribution is 0.932. The van der Waals surface area contributed by atoms with Crippen molar-refractivity contribution in [2.24, 2.45) is 0 Å². The largest absolute Gasteiger partial charge is 0.368 e. The van der Waals surface area contributed by atoms with E-state index in [9.17, 15) is 4.79 Å². The van der Waals surface area contributed by atoms with Crippen LogP contribution in [0, 0.1) is 0 Å². The average Bonchev–Trinajstić information content (AvgIpc) is 3.08. The summed E-state index contributed by atoms with van der Waals surface area (Å²) in [6.07, 6.45) is 4.67. The molecule has 0 amide bonds. The number of aryl methyl sites for hydroxylation is 1. The van der Waals surface area contributed by atoms with Crippen LogP contribution in [0.25, 0.3) is 16.7 Å². The third-order valence-corrected chi connectivity index (χ3v) is 4.21. The number of H-pyrrole nitrogens is 1. The van der Waals surface area contributed by atoms with Gasteiger partial charge in [-0.2, -0.15) is 0 Å². The quantitative estimate of drug-likeness (QED) is 0.584. The van der Waals surface area contributed by atoms with E-state index in [1.165, 1.54) is 11.9 Å². The van der Waals surface area contributed by atoms with E-state index in [-0.39, 0.29) is 5.56 Å². The Bertz CT molecular complexity index is 1080. The molecule has 0 fully saturated rings. The van der Waals surface area contributed by atoms with Crippen molar-refractivity contribution in [2.45, 2.75) is 19.8 Å². The molecule has 4 aromatic rings. The van der Waals surface area contributed by atoms with E-state index in [2.05, 4.69) is 37.4 Å². The fourth-order valence-electron chi connectivity index (χ4n) is 2.98. The number of hydrogen-bond acceptors (Lipinski definition) is 5. The topological polar surface area (TPSA) is 88.0 Å². The summed E-state index contributed by atoms with van der Waals surface area (Å²) in [5.41, 5.74) is 2.80. The lowest BCUT2D eigenvalue weighted by Gasteiger charge is -2.10. The summed E-state index contributed by atoms with van der Waals surface area (Å²) in [5.74, 6) is 1.43. The van der Waals surface area contributed by atoms with Crippen LogP contribution >= 0.6 is 0 Å². The molecule has 0 spiro atoms. The number of nitrogens with one attached hydrogen (secondary N) is 2. The minimum atomic E-state index is -0.194. The van der Waals surface area contributed by atoms with Gasteiger partial charge in [-0.15, -0.1) is 0 Å². The van der Waals surface area contributed by atoms with Crippen molar-refractivity contribution in [3.8, 4) is 0 Å². The Morgan fingerprint density at radius 2 is 2.00 bits per heavy atom. The van der Waals surface area contributed by atoms with E-state index in [0.717, 1.165) is 12.2 Å². The first-order valence-corrected chi connectivity index (χ1v) is 8.29. The molecule has 7 nitrogen and oxygen atoms in total. The van der Waals surface area contributed by atoms with Gasteiger partial charge in [0.1, 0.15) is 23.2 Å². The molecule has 0 aliphatic heterocycles. The molecule has 3 heterocycles. The Labute approximate surface area is 143 Å². The zero-order valence-corrected chi connectivity index (χ0v) is 13.9. The molecular formula is C18H18N6O. The molecule has 1 aromatic carbocycles. The maximum Gasteiger partial charge on any atom is 0.274 e. The second kappa shape index (κ2) is 6.35. The zero-order valence-electron chi connectivity index (χ0n) is 13.9. The van der Waals surface area contributed by atoms with Crippen LogP contribution in [0.4, 0.5) is 5.82 Å². The van der Waals surface area contributed by atoms with Gasteiger partial charge in [0, 0.05) is 13.0 Å². The van der Waals surface area contributed by atoms with E-state index in [4.69, 9.17) is 0 Å². The normalized spacial score (nSPS) is 11.2. The number of fused-ring (bicyclic) bond motifs is 3. The number of nitrogens with zero attached hydrogens (tertiary/aromatic N) is 4. The van der Waals surface area contributed by atoms with Gasteiger partial charge in [0.15, 0.2) is 11.5 Å². The van der Waals surface area contributed by atoms with Gasteiger partial charge in [-0.1, -0.05) is 37.3 Å². The predicted molar refractivity (Wildman–Crippen MR) is 96.9 cm³/mol. The molecule has 4 rings (SSSR count). The third kappa shape index (κ3) is 2.73. The molecule has 126 valence electrons. The van der Waals surface area contributed by atoms with E-state index >= 15 is 0 Å². The molecule has 2 N–H and O–H groups in total. The lowest BCUT2D eigenvalue weighted by Crippen LogP contribution is -2.15. The fourth-order valence-corrected chi connectivity index (χ4v) is 2.98. The molecule has 0 radical (unpaired) electrons. The second-order valence-corrected chi connectivity index (χ2v) is 5.79. The zero-order chi connectivity index (χ0) is 17.2. The Balaban J connectivity index is 1.72. The molecule has 0 bridgehead atoms. The number of aromatic amines is 1. The van der Waals surface area contributed by atoms with Gasteiger partial charge >= 0.3 is 0 Å². The number of imidazole rings is 1. The van der Waals surface area contributed by atoms with Gasteiger partial charge in [-0.05, 0) is 12.0 Å². The van der Waals surface area contributed by atoms with Gasteiger partial charge in [0.2, 0.25) is 0 Å². The van der Waals surface area contributed by atoms with E-state index < -0.39 is 0 Å². The SMILES string of the molecule is CCc1ncc2c(=O)[nH]c3c(NCCc4ccccc4)ncnc3n12. The van der Waals surface area contributed by atoms with Crippen molar-refractivity contribution in [3.05, 3.63) is 64.6 Å². The van der Waals surface area contributed by atoms with Gasteiger partial charge in [0.05, 0.1) is 6.20 Å². The molecule has 25 heavy (non-hydrogen) atoms. The molecule has 0 unspecified atom stereocenters. The van der Waals surface area contributed by atoms with Gasteiger partial charge in [-0.3, -0.25) is 9.20 Å². The van der Waals surface area contributed by atoms with Crippen LogP contribution in [0.5, 0.6) is 0 Å². The maximum atomic E-state index is 12.4. The summed E-state index contributed by atoms with van der Waals surface area (Å²) in [6.45, 7) is 2.71. The van der Waals surface area contributed by atoms with Gasteiger partial charge in [-0.25, -0.2) is 15.0 Å². The second-order valence-electron chi connectivity index (χ2n) is 5.79. The highest BCUT2D eigenvalue weighted by Crippen LogP contribution is 2.18. The third-order valence-electron chi connectivity index (χ3n) is 4.21. The van der Waals surface area contributed by atoms with E-state index in [1.54, 1.807) is 10.6 Å². The molecule has 7 heteroatoms. The Kier molecular flexibility index (Phi) is 3.89. The van der Waals surface area contributed by atoms with Crippen molar-refractivity contribution in [2.75, 3.05) is 11.9 Å². The van der Waals surface area contributed by atoms with E-state index in [0.29, 0.717) is 35.5 Å².